The molecule has 4 N–H and O–H groups in total. The van der Waals surface area contributed by atoms with Gasteiger partial charge < -0.3 is 15.7 Å². The molecule has 106 valence electrons. The lowest BCUT2D eigenvalue weighted by Gasteiger charge is -2.06. The minimum Gasteiger partial charge on any atom is -0.398 e. The standard InChI is InChI=1S/C15H12BrN3O2/c1-7-2-3-8(4-11(7)17)14(20)9-5-12-13(6-10(9)16)19-15(21)18-12/h2-6H,17H2,1H3,(H2,18,19,21). The number of H-pyrrole nitrogens is 2. The van der Waals surface area contributed by atoms with E-state index < -0.39 is 0 Å². The van der Waals surface area contributed by atoms with E-state index in [1.165, 1.54) is 0 Å². The summed E-state index contributed by atoms with van der Waals surface area (Å²) in [7, 11) is 0. The molecule has 0 fully saturated rings. The Morgan fingerprint density at radius 3 is 2.48 bits per heavy atom. The summed E-state index contributed by atoms with van der Waals surface area (Å²) < 4.78 is 0.620. The number of aromatic nitrogens is 2. The first-order valence-corrected chi connectivity index (χ1v) is 7.07. The number of carbonyl (C=O) groups is 1. The molecule has 0 aliphatic carbocycles. The zero-order chi connectivity index (χ0) is 15.1. The molecule has 0 amide bonds. The molecule has 1 aromatic heterocycles. The molecule has 0 saturated heterocycles. The Balaban J connectivity index is 2.14. The van der Waals surface area contributed by atoms with E-state index in [-0.39, 0.29) is 11.5 Å². The number of carbonyl (C=O) groups excluding carboxylic acids is 1. The van der Waals surface area contributed by atoms with Gasteiger partial charge in [0, 0.05) is 21.3 Å². The van der Waals surface area contributed by atoms with Crippen molar-refractivity contribution in [2.24, 2.45) is 0 Å². The van der Waals surface area contributed by atoms with E-state index >= 15 is 0 Å². The van der Waals surface area contributed by atoms with Gasteiger partial charge in [-0.3, -0.25) is 4.79 Å². The van der Waals surface area contributed by atoms with Crippen molar-refractivity contribution in [1.82, 2.24) is 9.97 Å². The van der Waals surface area contributed by atoms with Crippen LogP contribution in [0.3, 0.4) is 0 Å². The van der Waals surface area contributed by atoms with Crippen molar-refractivity contribution in [3.63, 3.8) is 0 Å². The van der Waals surface area contributed by atoms with Crippen LogP contribution in [0.25, 0.3) is 11.0 Å². The second-order valence-corrected chi connectivity index (χ2v) is 5.71. The third-order valence-electron chi connectivity index (χ3n) is 3.39. The number of nitrogens with two attached hydrogens (primary N) is 1. The summed E-state index contributed by atoms with van der Waals surface area (Å²) in [4.78, 5) is 29.2. The van der Waals surface area contributed by atoms with E-state index in [0.717, 1.165) is 5.56 Å². The van der Waals surface area contributed by atoms with Gasteiger partial charge in [0.25, 0.3) is 0 Å². The third-order valence-corrected chi connectivity index (χ3v) is 4.05. The fourth-order valence-electron chi connectivity index (χ4n) is 2.17. The average Bonchev–Trinajstić information content (AvgIpc) is 2.79. The molecule has 0 spiro atoms. The Labute approximate surface area is 128 Å². The smallest absolute Gasteiger partial charge is 0.323 e. The van der Waals surface area contributed by atoms with Crippen LogP contribution in [-0.2, 0) is 0 Å². The number of halogens is 1. The number of hydrogen-bond donors (Lipinski definition) is 3. The summed E-state index contributed by atoms with van der Waals surface area (Å²) in [5.74, 6) is -0.155. The Bertz CT molecular complexity index is 924. The van der Waals surface area contributed by atoms with Crippen molar-refractivity contribution in [2.45, 2.75) is 6.92 Å². The Morgan fingerprint density at radius 2 is 1.81 bits per heavy atom. The zero-order valence-corrected chi connectivity index (χ0v) is 12.7. The fraction of sp³-hybridized carbons (Fsp3) is 0.0667. The van der Waals surface area contributed by atoms with Crippen LogP contribution in [0.15, 0.2) is 39.6 Å². The molecule has 6 heteroatoms. The van der Waals surface area contributed by atoms with Crippen molar-refractivity contribution < 1.29 is 4.79 Å². The summed E-state index contributed by atoms with van der Waals surface area (Å²) in [6.07, 6.45) is 0. The molecule has 0 radical (unpaired) electrons. The predicted octanol–water partition coefficient (Wildman–Crippen LogP) is 2.74. The largest absolute Gasteiger partial charge is 0.398 e. The number of nitrogens with one attached hydrogen (secondary N) is 2. The van der Waals surface area contributed by atoms with E-state index in [1.54, 1.807) is 24.3 Å². The van der Waals surface area contributed by atoms with Gasteiger partial charge in [-0.25, -0.2) is 4.79 Å². The van der Waals surface area contributed by atoms with Gasteiger partial charge in [-0.2, -0.15) is 0 Å². The van der Waals surface area contributed by atoms with Crippen molar-refractivity contribution in [1.29, 1.82) is 0 Å². The SMILES string of the molecule is Cc1ccc(C(=O)c2cc3[nH]c(=O)[nH]c3cc2Br)cc1N. The maximum atomic E-state index is 12.6. The number of hydrogen-bond acceptors (Lipinski definition) is 3. The van der Waals surface area contributed by atoms with Crippen LogP contribution in [0, 0.1) is 6.92 Å². The normalized spacial score (nSPS) is 11.0. The molecule has 0 aliphatic rings. The van der Waals surface area contributed by atoms with Crippen LogP contribution < -0.4 is 11.4 Å². The molecule has 0 saturated carbocycles. The van der Waals surface area contributed by atoms with Crippen LogP contribution in [0.4, 0.5) is 5.69 Å². The predicted molar refractivity (Wildman–Crippen MR) is 85.6 cm³/mol. The maximum Gasteiger partial charge on any atom is 0.323 e. The van der Waals surface area contributed by atoms with Crippen LogP contribution in [0.5, 0.6) is 0 Å². The summed E-state index contributed by atoms with van der Waals surface area (Å²) in [6, 6.07) is 8.57. The van der Waals surface area contributed by atoms with Gasteiger partial charge in [-0.15, -0.1) is 0 Å². The van der Waals surface area contributed by atoms with Gasteiger partial charge in [0.1, 0.15) is 0 Å². The summed E-state index contributed by atoms with van der Waals surface area (Å²) in [6.45, 7) is 1.89. The van der Waals surface area contributed by atoms with Crippen molar-refractivity contribution in [3.05, 3.63) is 62.0 Å². The van der Waals surface area contributed by atoms with Crippen LogP contribution >= 0.6 is 15.9 Å². The van der Waals surface area contributed by atoms with E-state index in [1.807, 2.05) is 13.0 Å². The van der Waals surface area contributed by atoms with Crippen LogP contribution in [0.1, 0.15) is 21.5 Å². The topological polar surface area (TPSA) is 91.7 Å². The number of imidazole rings is 1. The monoisotopic (exact) mass is 345 g/mol. The molecule has 3 aromatic rings. The Hall–Kier alpha value is -2.34. The highest BCUT2D eigenvalue weighted by Crippen LogP contribution is 2.25. The second kappa shape index (κ2) is 4.89. The van der Waals surface area contributed by atoms with Crippen molar-refractivity contribution in [3.8, 4) is 0 Å². The number of nitrogen functional groups attached to an aromatic ring is 1. The first-order chi connectivity index (χ1) is 9.95. The maximum absolute atomic E-state index is 12.6. The minimum atomic E-state index is -0.305. The summed E-state index contributed by atoms with van der Waals surface area (Å²) >= 11 is 3.37. The van der Waals surface area contributed by atoms with Gasteiger partial charge in [-0.05, 0) is 46.6 Å². The lowest BCUT2D eigenvalue weighted by atomic mass is 10.0. The molecule has 21 heavy (non-hydrogen) atoms. The molecule has 5 nitrogen and oxygen atoms in total. The van der Waals surface area contributed by atoms with E-state index in [4.69, 9.17) is 5.73 Å². The van der Waals surface area contributed by atoms with Gasteiger partial charge in [-0.1, -0.05) is 12.1 Å². The first-order valence-electron chi connectivity index (χ1n) is 6.28. The number of benzene rings is 2. The number of rotatable bonds is 2. The second-order valence-electron chi connectivity index (χ2n) is 4.86. The lowest BCUT2D eigenvalue weighted by molar-refractivity contribution is 0.103. The van der Waals surface area contributed by atoms with E-state index in [2.05, 4.69) is 25.9 Å². The van der Waals surface area contributed by atoms with E-state index in [0.29, 0.717) is 32.3 Å². The first kappa shape index (κ1) is 13.6. The molecule has 0 atom stereocenters. The summed E-state index contributed by atoms with van der Waals surface area (Å²) in [5.41, 5.74) is 9.27. The van der Waals surface area contributed by atoms with Crippen LogP contribution in [-0.4, -0.2) is 15.8 Å². The molecule has 3 rings (SSSR count). The van der Waals surface area contributed by atoms with E-state index in [9.17, 15) is 9.59 Å². The number of aromatic amines is 2. The molecule has 0 aliphatic heterocycles. The Kier molecular flexibility index (Phi) is 3.17. The van der Waals surface area contributed by atoms with Gasteiger partial charge in [0.2, 0.25) is 0 Å². The number of ketones is 1. The number of aryl methyl sites for hydroxylation is 1. The highest BCUT2D eigenvalue weighted by atomic mass is 79.9. The molecule has 2 aromatic carbocycles. The van der Waals surface area contributed by atoms with Gasteiger partial charge in [0.05, 0.1) is 11.0 Å². The van der Waals surface area contributed by atoms with Crippen molar-refractivity contribution >= 4 is 38.4 Å². The van der Waals surface area contributed by atoms with Crippen LogP contribution in [0.2, 0.25) is 0 Å². The third kappa shape index (κ3) is 2.38. The summed E-state index contributed by atoms with van der Waals surface area (Å²) in [5, 5.41) is 0. The Morgan fingerprint density at radius 1 is 1.14 bits per heavy atom. The molecule has 1 heterocycles. The number of fused-ring (bicyclic) bond motifs is 1. The quantitative estimate of drug-likeness (QED) is 0.492. The number of anilines is 1. The highest BCUT2D eigenvalue weighted by molar-refractivity contribution is 9.10. The molecule has 0 bridgehead atoms. The zero-order valence-electron chi connectivity index (χ0n) is 11.2. The molecular weight excluding hydrogens is 334 g/mol. The van der Waals surface area contributed by atoms with Gasteiger partial charge >= 0.3 is 5.69 Å². The van der Waals surface area contributed by atoms with Gasteiger partial charge in [0.15, 0.2) is 5.78 Å². The highest BCUT2D eigenvalue weighted by Gasteiger charge is 2.15. The average molecular weight is 346 g/mol. The lowest BCUT2D eigenvalue weighted by Crippen LogP contribution is -2.04. The fourth-order valence-corrected chi connectivity index (χ4v) is 2.69. The van der Waals surface area contributed by atoms with Crippen molar-refractivity contribution in [2.75, 3.05) is 5.73 Å². The molecular formula is C15H12BrN3O2. The minimum absolute atomic E-state index is 0.155. The molecule has 0 unspecified atom stereocenters.